The van der Waals surface area contributed by atoms with Gasteiger partial charge in [0.2, 0.25) is 0 Å². The quantitative estimate of drug-likeness (QED) is 0.844. The Labute approximate surface area is 160 Å². The Morgan fingerprint density at radius 3 is 2.78 bits per heavy atom. The number of hydrogen-bond donors (Lipinski definition) is 1. The number of nitrogens with zero attached hydrogens (tertiary/aromatic N) is 5. The summed E-state index contributed by atoms with van der Waals surface area (Å²) in [5.41, 5.74) is 10.8. The van der Waals surface area contributed by atoms with Crippen LogP contribution in [0.5, 0.6) is 0 Å². The van der Waals surface area contributed by atoms with Gasteiger partial charge in [0.1, 0.15) is 11.5 Å². The number of amidine groups is 1. The normalized spacial score (nSPS) is 20.9. The zero-order chi connectivity index (χ0) is 18.4. The average molecular weight is 362 g/mol. The van der Waals surface area contributed by atoms with Crippen LogP contribution < -0.4 is 15.5 Å². The van der Waals surface area contributed by atoms with Crippen molar-refractivity contribution in [3.63, 3.8) is 0 Å². The third-order valence-electron chi connectivity index (χ3n) is 6.02. The summed E-state index contributed by atoms with van der Waals surface area (Å²) >= 11 is 0. The number of hydrogen-bond acceptors (Lipinski definition) is 6. The fourth-order valence-electron chi connectivity index (χ4n) is 4.30. The number of benzene rings is 1. The molecule has 1 fully saturated rings. The van der Waals surface area contributed by atoms with Crippen molar-refractivity contribution in [2.24, 2.45) is 10.7 Å². The van der Waals surface area contributed by atoms with E-state index >= 15 is 0 Å². The van der Waals surface area contributed by atoms with E-state index in [4.69, 9.17) is 20.7 Å². The second-order valence-corrected chi connectivity index (χ2v) is 8.19. The molecule has 0 unspecified atom stereocenters. The molecule has 0 saturated carbocycles. The van der Waals surface area contributed by atoms with Crippen molar-refractivity contribution in [2.75, 3.05) is 29.4 Å². The van der Waals surface area contributed by atoms with E-state index < -0.39 is 0 Å². The molecule has 0 bridgehead atoms. The number of piperidine rings is 1. The van der Waals surface area contributed by atoms with Crippen LogP contribution in [0.15, 0.2) is 35.5 Å². The molecule has 4 heterocycles. The fraction of sp³-hybridized carbons (Fsp3) is 0.476. The highest BCUT2D eigenvalue weighted by atomic mass is 15.2. The van der Waals surface area contributed by atoms with Crippen molar-refractivity contribution in [3.05, 3.63) is 47.4 Å². The van der Waals surface area contributed by atoms with Gasteiger partial charge in [-0.05, 0) is 44.2 Å². The van der Waals surface area contributed by atoms with E-state index in [0.717, 1.165) is 68.4 Å². The minimum atomic E-state index is -0.0570. The second-order valence-electron chi connectivity index (χ2n) is 8.19. The standard InChI is InChI=1S/C21H26N6/c1-21(22)8-11-26(12-9-21)18-14-23-19-16(25-18)13-24-20(19)27-10-4-6-15-5-2-3-7-17(15)27/h2-3,5,7,14H,4,6,8-13,22H2,1H3. The third-order valence-corrected chi connectivity index (χ3v) is 6.02. The smallest absolute Gasteiger partial charge is 0.156 e. The molecular weight excluding hydrogens is 336 g/mol. The lowest BCUT2D eigenvalue weighted by atomic mass is 9.91. The van der Waals surface area contributed by atoms with Gasteiger partial charge in [0, 0.05) is 30.9 Å². The zero-order valence-electron chi connectivity index (χ0n) is 15.9. The van der Waals surface area contributed by atoms with Gasteiger partial charge in [-0.2, -0.15) is 0 Å². The summed E-state index contributed by atoms with van der Waals surface area (Å²) in [6, 6.07) is 8.62. The summed E-state index contributed by atoms with van der Waals surface area (Å²) in [5, 5.41) is 0. The Morgan fingerprint density at radius 2 is 1.93 bits per heavy atom. The van der Waals surface area contributed by atoms with Gasteiger partial charge < -0.3 is 15.5 Å². The van der Waals surface area contributed by atoms with E-state index in [9.17, 15) is 0 Å². The Kier molecular flexibility index (Phi) is 3.90. The van der Waals surface area contributed by atoms with Crippen LogP contribution in [0.25, 0.3) is 0 Å². The highest BCUT2D eigenvalue weighted by Crippen LogP contribution is 2.31. The van der Waals surface area contributed by atoms with E-state index in [1.54, 1.807) is 0 Å². The van der Waals surface area contributed by atoms with Crippen LogP contribution in [-0.4, -0.2) is 41.0 Å². The first kappa shape index (κ1) is 16.7. The largest absolute Gasteiger partial charge is 0.355 e. The van der Waals surface area contributed by atoms with Crippen molar-refractivity contribution < 1.29 is 0 Å². The molecule has 3 aliphatic rings. The number of rotatable bonds is 1. The lowest BCUT2D eigenvalue weighted by Gasteiger charge is -2.37. The summed E-state index contributed by atoms with van der Waals surface area (Å²) < 4.78 is 0. The van der Waals surface area contributed by atoms with Crippen molar-refractivity contribution in [2.45, 2.75) is 44.7 Å². The summed E-state index contributed by atoms with van der Waals surface area (Å²) in [6.45, 7) is 5.61. The van der Waals surface area contributed by atoms with Crippen LogP contribution in [0.3, 0.4) is 0 Å². The molecule has 2 N–H and O–H groups in total. The maximum atomic E-state index is 6.26. The second kappa shape index (κ2) is 6.30. The molecular formula is C21H26N6. The summed E-state index contributed by atoms with van der Waals surface area (Å²) in [6.07, 6.45) is 6.15. The molecule has 0 amide bonds. The predicted octanol–water partition coefficient (Wildman–Crippen LogP) is 2.51. The van der Waals surface area contributed by atoms with Crippen LogP contribution in [0.1, 0.15) is 43.1 Å². The maximum absolute atomic E-state index is 6.26. The van der Waals surface area contributed by atoms with Gasteiger partial charge in [-0.25, -0.2) is 9.97 Å². The van der Waals surface area contributed by atoms with Gasteiger partial charge in [-0.15, -0.1) is 0 Å². The SMILES string of the molecule is CC1(N)CCN(c2cnc3c(n2)CN=C3N2CCCc3ccccc32)CC1. The first-order valence-corrected chi connectivity index (χ1v) is 9.91. The number of nitrogens with two attached hydrogens (primary N) is 1. The Morgan fingerprint density at radius 1 is 1.11 bits per heavy atom. The predicted molar refractivity (Wildman–Crippen MR) is 108 cm³/mol. The molecule has 140 valence electrons. The number of para-hydroxylation sites is 1. The van der Waals surface area contributed by atoms with Crippen molar-refractivity contribution in [1.82, 2.24) is 9.97 Å². The molecule has 6 nitrogen and oxygen atoms in total. The molecule has 0 radical (unpaired) electrons. The Bertz CT molecular complexity index is 893. The molecule has 2 aromatic rings. The van der Waals surface area contributed by atoms with Crippen LogP contribution >= 0.6 is 0 Å². The minimum Gasteiger partial charge on any atom is -0.355 e. The Hall–Kier alpha value is -2.47. The van der Waals surface area contributed by atoms with Gasteiger partial charge in [-0.1, -0.05) is 18.2 Å². The molecule has 1 aromatic carbocycles. The van der Waals surface area contributed by atoms with Gasteiger partial charge in [0.25, 0.3) is 0 Å². The molecule has 27 heavy (non-hydrogen) atoms. The van der Waals surface area contributed by atoms with Gasteiger partial charge in [-0.3, -0.25) is 4.99 Å². The van der Waals surface area contributed by atoms with E-state index in [1.807, 2.05) is 6.20 Å². The average Bonchev–Trinajstić information content (AvgIpc) is 3.10. The molecule has 3 aliphatic heterocycles. The number of aryl methyl sites for hydroxylation is 1. The molecule has 1 aromatic heterocycles. The van der Waals surface area contributed by atoms with Crippen molar-refractivity contribution in [1.29, 1.82) is 0 Å². The fourth-order valence-corrected chi connectivity index (χ4v) is 4.30. The molecule has 0 spiro atoms. The van der Waals surface area contributed by atoms with E-state index in [0.29, 0.717) is 6.54 Å². The zero-order valence-corrected chi connectivity index (χ0v) is 15.9. The molecule has 5 rings (SSSR count). The first-order valence-electron chi connectivity index (χ1n) is 9.91. The number of fused-ring (bicyclic) bond motifs is 2. The van der Waals surface area contributed by atoms with E-state index in [1.165, 1.54) is 11.3 Å². The third kappa shape index (κ3) is 2.98. The molecule has 6 heteroatoms. The van der Waals surface area contributed by atoms with Gasteiger partial charge in [0.15, 0.2) is 5.84 Å². The van der Waals surface area contributed by atoms with Crippen LogP contribution in [-0.2, 0) is 13.0 Å². The monoisotopic (exact) mass is 362 g/mol. The van der Waals surface area contributed by atoms with E-state index in [-0.39, 0.29) is 5.54 Å². The lowest BCUT2D eigenvalue weighted by Crippen LogP contribution is -2.48. The summed E-state index contributed by atoms with van der Waals surface area (Å²) in [4.78, 5) is 19.1. The number of aliphatic imine (C=N–C) groups is 1. The van der Waals surface area contributed by atoms with Crippen molar-refractivity contribution >= 4 is 17.3 Å². The Balaban J connectivity index is 1.41. The van der Waals surface area contributed by atoms with Gasteiger partial charge >= 0.3 is 0 Å². The molecule has 0 atom stereocenters. The topological polar surface area (TPSA) is 70.6 Å². The minimum absolute atomic E-state index is 0.0570. The van der Waals surface area contributed by atoms with Crippen molar-refractivity contribution in [3.8, 4) is 0 Å². The number of aromatic nitrogens is 2. The van der Waals surface area contributed by atoms with Crippen LogP contribution in [0, 0.1) is 0 Å². The summed E-state index contributed by atoms with van der Waals surface area (Å²) in [7, 11) is 0. The molecule has 1 saturated heterocycles. The first-order chi connectivity index (χ1) is 13.1. The highest BCUT2D eigenvalue weighted by molar-refractivity contribution is 6.11. The number of anilines is 2. The van der Waals surface area contributed by atoms with E-state index in [2.05, 4.69) is 41.0 Å². The highest BCUT2D eigenvalue weighted by Gasteiger charge is 2.30. The van der Waals surface area contributed by atoms with Crippen LogP contribution in [0.4, 0.5) is 11.5 Å². The van der Waals surface area contributed by atoms with Crippen LogP contribution in [0.2, 0.25) is 0 Å². The van der Waals surface area contributed by atoms with Gasteiger partial charge in [0.05, 0.1) is 18.4 Å². The maximum Gasteiger partial charge on any atom is 0.156 e. The summed E-state index contributed by atoms with van der Waals surface area (Å²) in [5.74, 6) is 1.93. The lowest BCUT2D eigenvalue weighted by molar-refractivity contribution is 0.363. The molecule has 0 aliphatic carbocycles.